The summed E-state index contributed by atoms with van der Waals surface area (Å²) in [6.45, 7) is 4.75. The van der Waals surface area contributed by atoms with Gasteiger partial charge in [-0.05, 0) is 37.1 Å². The molecular formula is C12H14ClNO. The third kappa shape index (κ3) is 2.00. The van der Waals surface area contributed by atoms with Crippen molar-refractivity contribution >= 4 is 23.2 Å². The SMILES string of the molecule is Cc1ccc(N2CC(Cl)CC2=O)cc1C. The van der Waals surface area contributed by atoms with Gasteiger partial charge in [0.05, 0.1) is 5.38 Å². The first-order valence-electron chi connectivity index (χ1n) is 5.09. The molecule has 15 heavy (non-hydrogen) atoms. The molecule has 2 nitrogen and oxygen atoms in total. The lowest BCUT2D eigenvalue weighted by Gasteiger charge is -2.17. The normalized spacial score (nSPS) is 21.1. The Morgan fingerprint density at radius 2 is 2.07 bits per heavy atom. The second kappa shape index (κ2) is 3.86. The van der Waals surface area contributed by atoms with E-state index < -0.39 is 0 Å². The molecular weight excluding hydrogens is 210 g/mol. The first-order valence-corrected chi connectivity index (χ1v) is 5.53. The third-order valence-electron chi connectivity index (χ3n) is 2.88. The van der Waals surface area contributed by atoms with E-state index in [9.17, 15) is 4.79 Å². The van der Waals surface area contributed by atoms with Gasteiger partial charge in [0.2, 0.25) is 5.91 Å². The zero-order valence-electron chi connectivity index (χ0n) is 8.96. The highest BCUT2D eigenvalue weighted by Gasteiger charge is 2.28. The predicted octanol–water partition coefficient (Wildman–Crippen LogP) is 2.65. The van der Waals surface area contributed by atoms with Crippen molar-refractivity contribution < 1.29 is 4.79 Å². The Morgan fingerprint density at radius 3 is 2.60 bits per heavy atom. The highest BCUT2D eigenvalue weighted by atomic mass is 35.5. The number of hydrogen-bond donors (Lipinski definition) is 0. The summed E-state index contributed by atoms with van der Waals surface area (Å²) >= 11 is 5.96. The maximum Gasteiger partial charge on any atom is 0.228 e. The van der Waals surface area contributed by atoms with Crippen LogP contribution < -0.4 is 4.90 Å². The molecule has 0 aromatic heterocycles. The standard InChI is InChI=1S/C12H14ClNO/c1-8-3-4-11(5-9(8)2)14-7-10(13)6-12(14)15/h3-5,10H,6-7H2,1-2H3. The topological polar surface area (TPSA) is 20.3 Å². The van der Waals surface area contributed by atoms with Crippen molar-refractivity contribution in [1.82, 2.24) is 0 Å². The summed E-state index contributed by atoms with van der Waals surface area (Å²) < 4.78 is 0. The lowest BCUT2D eigenvalue weighted by molar-refractivity contribution is -0.117. The number of amides is 1. The molecule has 1 aliphatic rings. The van der Waals surface area contributed by atoms with Gasteiger partial charge in [-0.1, -0.05) is 6.07 Å². The van der Waals surface area contributed by atoms with E-state index in [1.165, 1.54) is 11.1 Å². The van der Waals surface area contributed by atoms with Crippen LogP contribution in [0.3, 0.4) is 0 Å². The Hall–Kier alpha value is -1.02. The van der Waals surface area contributed by atoms with Crippen molar-refractivity contribution in [3.8, 4) is 0 Å². The Balaban J connectivity index is 2.30. The summed E-state index contributed by atoms with van der Waals surface area (Å²) in [5.41, 5.74) is 3.41. The zero-order chi connectivity index (χ0) is 11.0. The van der Waals surface area contributed by atoms with Gasteiger partial charge in [0, 0.05) is 18.7 Å². The zero-order valence-corrected chi connectivity index (χ0v) is 9.71. The van der Waals surface area contributed by atoms with E-state index in [-0.39, 0.29) is 11.3 Å². The van der Waals surface area contributed by atoms with Gasteiger partial charge in [-0.25, -0.2) is 0 Å². The third-order valence-corrected chi connectivity index (χ3v) is 3.17. The molecule has 0 saturated carbocycles. The monoisotopic (exact) mass is 223 g/mol. The van der Waals surface area contributed by atoms with Crippen molar-refractivity contribution in [2.75, 3.05) is 11.4 Å². The molecule has 1 unspecified atom stereocenters. The van der Waals surface area contributed by atoms with Crippen LogP contribution in [0.2, 0.25) is 0 Å². The summed E-state index contributed by atoms with van der Waals surface area (Å²) in [5, 5.41) is -0.0425. The molecule has 0 aliphatic carbocycles. The van der Waals surface area contributed by atoms with E-state index in [4.69, 9.17) is 11.6 Å². The number of benzene rings is 1. The molecule has 0 radical (unpaired) electrons. The number of hydrogen-bond acceptors (Lipinski definition) is 1. The van der Waals surface area contributed by atoms with Crippen LogP contribution in [0, 0.1) is 13.8 Å². The molecule has 1 atom stereocenters. The lowest BCUT2D eigenvalue weighted by atomic mass is 10.1. The molecule has 2 rings (SSSR count). The van der Waals surface area contributed by atoms with Gasteiger partial charge in [0.1, 0.15) is 0 Å². The molecule has 1 aromatic carbocycles. The van der Waals surface area contributed by atoms with Gasteiger partial charge in [-0.2, -0.15) is 0 Å². The summed E-state index contributed by atoms with van der Waals surface area (Å²) in [6, 6.07) is 6.07. The number of halogens is 1. The Bertz CT molecular complexity index is 403. The van der Waals surface area contributed by atoms with Crippen LogP contribution in [0.15, 0.2) is 18.2 Å². The van der Waals surface area contributed by atoms with Crippen LogP contribution >= 0.6 is 11.6 Å². The quantitative estimate of drug-likeness (QED) is 0.671. The highest BCUT2D eigenvalue weighted by molar-refractivity contribution is 6.24. The minimum absolute atomic E-state index is 0.0425. The number of alkyl halides is 1. The fraction of sp³-hybridized carbons (Fsp3) is 0.417. The minimum atomic E-state index is -0.0425. The number of carbonyl (C=O) groups excluding carboxylic acids is 1. The molecule has 1 aliphatic heterocycles. The number of anilines is 1. The van der Waals surface area contributed by atoms with E-state index in [0.29, 0.717) is 13.0 Å². The average Bonchev–Trinajstić information content (AvgIpc) is 2.50. The Morgan fingerprint density at radius 1 is 1.33 bits per heavy atom. The molecule has 0 bridgehead atoms. The van der Waals surface area contributed by atoms with Crippen LogP contribution in [-0.4, -0.2) is 17.8 Å². The molecule has 1 heterocycles. The summed E-state index contributed by atoms with van der Waals surface area (Å²) in [5.74, 6) is 0.123. The lowest BCUT2D eigenvalue weighted by Crippen LogP contribution is -2.24. The number of rotatable bonds is 1. The summed E-state index contributed by atoms with van der Waals surface area (Å²) in [7, 11) is 0. The molecule has 3 heteroatoms. The minimum Gasteiger partial charge on any atom is -0.311 e. The van der Waals surface area contributed by atoms with Crippen molar-refractivity contribution in [3.63, 3.8) is 0 Å². The van der Waals surface area contributed by atoms with Crippen LogP contribution in [0.1, 0.15) is 17.5 Å². The maximum absolute atomic E-state index is 11.6. The smallest absolute Gasteiger partial charge is 0.228 e. The van der Waals surface area contributed by atoms with Gasteiger partial charge in [0.25, 0.3) is 0 Å². The van der Waals surface area contributed by atoms with Gasteiger partial charge in [-0.15, -0.1) is 11.6 Å². The predicted molar refractivity (Wildman–Crippen MR) is 62.5 cm³/mol. The summed E-state index contributed by atoms with van der Waals surface area (Å²) in [4.78, 5) is 13.4. The molecule has 80 valence electrons. The first kappa shape index (κ1) is 10.5. The van der Waals surface area contributed by atoms with E-state index in [2.05, 4.69) is 13.8 Å². The molecule has 0 N–H and O–H groups in total. The van der Waals surface area contributed by atoms with Crippen molar-refractivity contribution in [1.29, 1.82) is 0 Å². The average molecular weight is 224 g/mol. The van der Waals surface area contributed by atoms with E-state index >= 15 is 0 Å². The molecule has 1 fully saturated rings. The van der Waals surface area contributed by atoms with E-state index in [1.54, 1.807) is 4.90 Å². The van der Waals surface area contributed by atoms with Gasteiger partial charge >= 0.3 is 0 Å². The Labute approximate surface area is 94.8 Å². The maximum atomic E-state index is 11.6. The fourth-order valence-electron chi connectivity index (χ4n) is 1.81. The van der Waals surface area contributed by atoms with Crippen LogP contribution in [0.25, 0.3) is 0 Å². The van der Waals surface area contributed by atoms with E-state index in [0.717, 1.165) is 5.69 Å². The summed E-state index contributed by atoms with van der Waals surface area (Å²) in [6.07, 6.45) is 0.453. The highest BCUT2D eigenvalue weighted by Crippen LogP contribution is 2.25. The molecule has 1 amide bonds. The molecule has 0 spiro atoms. The second-order valence-corrected chi connectivity index (χ2v) is 4.69. The number of carbonyl (C=O) groups is 1. The van der Waals surface area contributed by atoms with Crippen molar-refractivity contribution in [2.45, 2.75) is 25.6 Å². The van der Waals surface area contributed by atoms with E-state index in [1.807, 2.05) is 18.2 Å². The number of nitrogens with zero attached hydrogens (tertiary/aromatic N) is 1. The second-order valence-electron chi connectivity index (χ2n) is 4.07. The fourth-order valence-corrected chi connectivity index (χ4v) is 2.08. The van der Waals surface area contributed by atoms with Gasteiger partial charge in [0.15, 0.2) is 0 Å². The largest absolute Gasteiger partial charge is 0.311 e. The molecule has 1 aromatic rings. The first-order chi connectivity index (χ1) is 7.08. The van der Waals surface area contributed by atoms with Gasteiger partial charge in [-0.3, -0.25) is 4.79 Å². The van der Waals surface area contributed by atoms with Crippen LogP contribution in [-0.2, 0) is 4.79 Å². The van der Waals surface area contributed by atoms with Crippen molar-refractivity contribution in [3.05, 3.63) is 29.3 Å². The molecule has 1 saturated heterocycles. The van der Waals surface area contributed by atoms with Crippen LogP contribution in [0.4, 0.5) is 5.69 Å². The number of aryl methyl sites for hydroxylation is 2. The van der Waals surface area contributed by atoms with Gasteiger partial charge < -0.3 is 4.90 Å². The van der Waals surface area contributed by atoms with Crippen LogP contribution in [0.5, 0.6) is 0 Å². The Kier molecular flexibility index (Phi) is 2.70. The van der Waals surface area contributed by atoms with Crippen molar-refractivity contribution in [2.24, 2.45) is 0 Å².